The monoisotopic (exact) mass is 410 g/mol. The van der Waals surface area contributed by atoms with Crippen LogP contribution < -0.4 is 10.5 Å². The first-order valence-corrected chi connectivity index (χ1v) is 11.2. The number of carbonyl (C=O) groups excluding carboxylic acids is 1. The van der Waals surface area contributed by atoms with Crippen LogP contribution in [-0.4, -0.2) is 47.7 Å². The van der Waals surface area contributed by atoms with Crippen molar-refractivity contribution >= 4 is 23.6 Å². The lowest BCUT2D eigenvalue weighted by Gasteiger charge is -2.17. The first-order valence-electron chi connectivity index (χ1n) is 9.94. The minimum Gasteiger partial charge on any atom is -0.492 e. The van der Waals surface area contributed by atoms with Gasteiger partial charge in [-0.15, -0.1) is 11.8 Å². The molecule has 4 rings (SSSR count). The molecule has 1 aromatic carbocycles. The molecule has 2 unspecified atom stereocenters. The van der Waals surface area contributed by atoms with Crippen molar-refractivity contribution < 1.29 is 9.53 Å². The minimum atomic E-state index is -0.207. The molecule has 0 radical (unpaired) electrons. The second-order valence-corrected chi connectivity index (χ2v) is 8.43. The highest BCUT2D eigenvalue weighted by atomic mass is 32.2. The van der Waals surface area contributed by atoms with E-state index in [0.29, 0.717) is 36.6 Å². The lowest BCUT2D eigenvalue weighted by Crippen LogP contribution is -2.31. The number of aromatic nitrogens is 1. The Morgan fingerprint density at radius 3 is 2.55 bits per heavy atom. The largest absolute Gasteiger partial charge is 0.492 e. The molecule has 2 aliphatic rings. The second-order valence-electron chi connectivity index (χ2n) is 7.55. The second kappa shape index (κ2) is 8.45. The number of thioether (sulfide) groups is 1. The molecular formula is C22H26N4O2S. The number of nitrogens with zero attached hydrogens (tertiary/aromatic N) is 3. The van der Waals surface area contributed by atoms with Gasteiger partial charge in [0.1, 0.15) is 11.6 Å². The Labute approximate surface area is 175 Å². The predicted molar refractivity (Wildman–Crippen MR) is 116 cm³/mol. The summed E-state index contributed by atoms with van der Waals surface area (Å²) in [4.78, 5) is 23.6. The van der Waals surface area contributed by atoms with Crippen LogP contribution in [0.25, 0.3) is 11.3 Å². The van der Waals surface area contributed by atoms with Crippen LogP contribution in [0.2, 0.25) is 0 Å². The van der Waals surface area contributed by atoms with Crippen LogP contribution in [0.5, 0.6) is 5.75 Å². The highest BCUT2D eigenvalue weighted by molar-refractivity contribution is 7.98. The predicted octanol–water partition coefficient (Wildman–Crippen LogP) is 3.91. The normalized spacial score (nSPS) is 23.0. The number of hydrogen-bond donors (Lipinski definition) is 1. The van der Waals surface area contributed by atoms with Crippen LogP contribution in [0.3, 0.4) is 0 Å². The van der Waals surface area contributed by atoms with Gasteiger partial charge in [-0.3, -0.25) is 4.98 Å². The average molecular weight is 411 g/mol. The number of benzene rings is 1. The molecule has 7 heteroatoms. The fourth-order valence-electron chi connectivity index (χ4n) is 3.92. The maximum absolute atomic E-state index is 12.1. The lowest BCUT2D eigenvalue weighted by molar-refractivity contribution is 0.203. The molecule has 29 heavy (non-hydrogen) atoms. The summed E-state index contributed by atoms with van der Waals surface area (Å²) in [6.45, 7) is 4.06. The Bertz CT molecular complexity index is 886. The van der Waals surface area contributed by atoms with Crippen LogP contribution in [-0.2, 0) is 0 Å². The van der Waals surface area contributed by atoms with Gasteiger partial charge in [-0.2, -0.15) is 4.99 Å². The van der Waals surface area contributed by atoms with Crippen LogP contribution in [0.1, 0.15) is 13.3 Å². The third-order valence-electron chi connectivity index (χ3n) is 5.81. The Morgan fingerprint density at radius 2 is 1.97 bits per heavy atom. The molecule has 0 spiro atoms. The van der Waals surface area contributed by atoms with Crippen molar-refractivity contribution in [2.24, 2.45) is 28.5 Å². The van der Waals surface area contributed by atoms with Crippen molar-refractivity contribution in [3.63, 3.8) is 0 Å². The number of carbonyl (C=O) groups is 1. The van der Waals surface area contributed by atoms with Gasteiger partial charge >= 0.3 is 6.03 Å². The van der Waals surface area contributed by atoms with Gasteiger partial charge in [0.15, 0.2) is 0 Å². The number of aliphatic imine (C=N–C) groups is 1. The molecule has 2 heterocycles. The number of urea groups is 1. The molecule has 1 aromatic heterocycles. The summed E-state index contributed by atoms with van der Waals surface area (Å²) in [6, 6.07) is 12.1. The minimum absolute atomic E-state index is 0.207. The van der Waals surface area contributed by atoms with Gasteiger partial charge in [0.05, 0.1) is 18.5 Å². The Kier molecular flexibility index (Phi) is 5.76. The van der Waals surface area contributed by atoms with E-state index >= 15 is 0 Å². The number of nitrogens with two attached hydrogens (primary N) is 1. The third kappa shape index (κ3) is 4.40. The summed E-state index contributed by atoms with van der Waals surface area (Å²) >= 11 is 1.73. The lowest BCUT2D eigenvalue weighted by atomic mass is 10.1. The van der Waals surface area contributed by atoms with E-state index in [9.17, 15) is 4.79 Å². The number of ether oxygens (including phenoxy) is 1. The van der Waals surface area contributed by atoms with E-state index in [0.717, 1.165) is 30.1 Å². The van der Waals surface area contributed by atoms with Crippen LogP contribution in [0.15, 0.2) is 52.5 Å². The smallest absolute Gasteiger partial charge is 0.345 e. The summed E-state index contributed by atoms with van der Waals surface area (Å²) < 4.78 is 5.95. The van der Waals surface area contributed by atoms with Crippen molar-refractivity contribution in [2.45, 2.75) is 18.2 Å². The average Bonchev–Trinajstić information content (AvgIpc) is 3.20. The van der Waals surface area contributed by atoms with Crippen LogP contribution in [0, 0.1) is 17.8 Å². The van der Waals surface area contributed by atoms with Crippen molar-refractivity contribution in [1.82, 2.24) is 9.88 Å². The first kappa shape index (κ1) is 19.8. The van der Waals surface area contributed by atoms with E-state index in [4.69, 9.17) is 10.5 Å². The number of pyridine rings is 1. The number of hydrogen-bond acceptors (Lipinski definition) is 4. The van der Waals surface area contributed by atoms with Crippen LogP contribution in [0.4, 0.5) is 4.79 Å². The van der Waals surface area contributed by atoms with Crippen molar-refractivity contribution in [3.8, 4) is 17.0 Å². The summed E-state index contributed by atoms with van der Waals surface area (Å²) in [7, 11) is 0. The molecule has 2 atom stereocenters. The molecule has 6 nitrogen and oxygen atoms in total. The maximum atomic E-state index is 12.1. The molecule has 1 aliphatic carbocycles. The highest BCUT2D eigenvalue weighted by Gasteiger charge is 2.56. The molecule has 1 saturated carbocycles. The van der Waals surface area contributed by atoms with Crippen molar-refractivity contribution in [3.05, 3.63) is 42.6 Å². The highest BCUT2D eigenvalue weighted by Crippen LogP contribution is 2.51. The Hall–Kier alpha value is -2.54. The van der Waals surface area contributed by atoms with E-state index < -0.39 is 0 Å². The van der Waals surface area contributed by atoms with E-state index in [1.165, 1.54) is 4.90 Å². The molecule has 1 aliphatic heterocycles. The van der Waals surface area contributed by atoms with E-state index in [-0.39, 0.29) is 6.03 Å². The number of amidine groups is 1. The van der Waals surface area contributed by atoms with E-state index in [2.05, 4.69) is 40.5 Å². The SMILES string of the molecule is CC/C(N)=N/C(=O)N1CC2C(COc3ccc(-c4ccc(SC)cc4)nc3)C2C1. The number of fused-ring (bicyclic) bond motifs is 1. The number of piperidine rings is 1. The molecule has 1 saturated heterocycles. The molecule has 2 aromatic rings. The van der Waals surface area contributed by atoms with E-state index in [1.807, 2.05) is 19.1 Å². The van der Waals surface area contributed by atoms with E-state index in [1.54, 1.807) is 22.9 Å². The first-order chi connectivity index (χ1) is 14.1. The molecule has 2 amide bonds. The molecule has 2 N–H and O–H groups in total. The Morgan fingerprint density at radius 1 is 1.24 bits per heavy atom. The fraction of sp³-hybridized carbons (Fsp3) is 0.409. The van der Waals surface area contributed by atoms with Gasteiger partial charge in [0.2, 0.25) is 0 Å². The van der Waals surface area contributed by atoms with Crippen molar-refractivity contribution in [2.75, 3.05) is 26.0 Å². The number of amides is 2. The van der Waals surface area contributed by atoms with Gasteiger partial charge in [-0.25, -0.2) is 4.79 Å². The molecule has 152 valence electrons. The molecular weight excluding hydrogens is 384 g/mol. The molecule has 2 fully saturated rings. The maximum Gasteiger partial charge on any atom is 0.345 e. The zero-order valence-corrected chi connectivity index (χ0v) is 17.6. The zero-order chi connectivity index (χ0) is 20.4. The topological polar surface area (TPSA) is 80.8 Å². The summed E-state index contributed by atoms with van der Waals surface area (Å²) in [5, 5.41) is 0. The van der Waals surface area contributed by atoms with Gasteiger partial charge in [-0.1, -0.05) is 19.1 Å². The fourth-order valence-corrected chi connectivity index (χ4v) is 4.32. The standard InChI is InChI=1S/C22H26N4O2S/c1-3-21(23)25-22(27)26-11-17-18(12-26)19(17)13-28-15-6-9-20(24-10-15)14-4-7-16(29-2)8-5-14/h4-10,17-19H,3,11-13H2,1-2H3,(H2,23,25,27). The number of rotatable bonds is 6. The van der Waals surface area contributed by atoms with Crippen molar-refractivity contribution in [1.29, 1.82) is 0 Å². The quantitative estimate of drug-likeness (QED) is 0.444. The summed E-state index contributed by atoms with van der Waals surface area (Å²) in [5.41, 5.74) is 7.70. The third-order valence-corrected chi connectivity index (χ3v) is 6.55. The van der Waals surface area contributed by atoms with Gasteiger partial charge < -0.3 is 15.4 Å². The van der Waals surface area contributed by atoms with Gasteiger partial charge in [0, 0.05) is 35.9 Å². The van der Waals surface area contributed by atoms with Gasteiger partial charge in [0.25, 0.3) is 0 Å². The summed E-state index contributed by atoms with van der Waals surface area (Å²) in [5.74, 6) is 2.71. The van der Waals surface area contributed by atoms with Crippen LogP contribution >= 0.6 is 11.8 Å². The van der Waals surface area contributed by atoms with Gasteiger partial charge in [-0.05, 0) is 42.4 Å². The zero-order valence-electron chi connectivity index (χ0n) is 16.7. The Balaban J connectivity index is 1.26. The molecule has 0 bridgehead atoms. The summed E-state index contributed by atoms with van der Waals surface area (Å²) in [6.07, 6.45) is 4.45. The number of likely N-dealkylation sites (tertiary alicyclic amines) is 1.